The van der Waals surface area contributed by atoms with Crippen molar-refractivity contribution in [3.05, 3.63) is 96.7 Å². The van der Waals surface area contributed by atoms with Crippen molar-refractivity contribution in [1.29, 1.82) is 0 Å². The Hall–Kier alpha value is -4.17. The first kappa shape index (κ1) is 27.4. The average Bonchev–Trinajstić information content (AvgIpc) is 3.26. The van der Waals surface area contributed by atoms with Crippen LogP contribution in [0.4, 0.5) is 5.69 Å². The zero-order chi connectivity index (χ0) is 28.6. The van der Waals surface area contributed by atoms with Crippen LogP contribution < -0.4 is 29.3 Å². The number of thiazole rings is 1. The van der Waals surface area contributed by atoms with Crippen LogP contribution in [0, 0.1) is 0 Å². The fourth-order valence-electron chi connectivity index (χ4n) is 5.53. The van der Waals surface area contributed by atoms with Gasteiger partial charge in [0, 0.05) is 47.2 Å². The first-order valence-electron chi connectivity index (χ1n) is 13.3. The van der Waals surface area contributed by atoms with Gasteiger partial charge in [0.05, 0.1) is 24.8 Å². The van der Waals surface area contributed by atoms with Crippen molar-refractivity contribution in [3.63, 3.8) is 0 Å². The van der Waals surface area contributed by atoms with Crippen molar-refractivity contribution in [3.8, 4) is 11.5 Å². The summed E-state index contributed by atoms with van der Waals surface area (Å²) in [5.41, 5.74) is 3.49. The fraction of sp³-hybridized carbons (Fsp3) is 0.281. The normalized spacial score (nSPS) is 15.2. The van der Waals surface area contributed by atoms with Crippen LogP contribution in [-0.2, 0) is 4.79 Å². The van der Waals surface area contributed by atoms with E-state index in [-0.39, 0.29) is 11.3 Å². The molecule has 0 radical (unpaired) electrons. The second kappa shape index (κ2) is 11.1. The minimum atomic E-state index is -0.677. The molecule has 0 bridgehead atoms. The SMILES string of the molecule is CCN(CC)c1ccc(C=c2sc3n(c2=O)[C@@H](c2c(OC)ccc4ccccc24)C(C(C)=O)=C(C)N=3)c(OC)c1. The molecule has 8 heteroatoms. The Morgan fingerprint density at radius 1 is 1.05 bits per heavy atom. The number of aromatic nitrogens is 1. The molecule has 0 saturated heterocycles. The van der Waals surface area contributed by atoms with Gasteiger partial charge >= 0.3 is 0 Å². The summed E-state index contributed by atoms with van der Waals surface area (Å²) in [5.74, 6) is 1.16. The van der Waals surface area contributed by atoms with Crippen molar-refractivity contribution < 1.29 is 14.3 Å². The Morgan fingerprint density at radius 2 is 1.77 bits per heavy atom. The van der Waals surface area contributed by atoms with E-state index in [4.69, 9.17) is 14.5 Å². The van der Waals surface area contributed by atoms with E-state index in [0.717, 1.165) is 40.7 Å². The number of anilines is 1. The molecule has 1 aliphatic heterocycles. The first-order chi connectivity index (χ1) is 19.3. The fourth-order valence-corrected chi connectivity index (χ4v) is 6.56. The van der Waals surface area contributed by atoms with Crippen molar-refractivity contribution in [2.75, 3.05) is 32.2 Å². The predicted molar refractivity (Wildman–Crippen MR) is 162 cm³/mol. The molecule has 0 amide bonds. The summed E-state index contributed by atoms with van der Waals surface area (Å²) in [4.78, 5) is 34.7. The topological polar surface area (TPSA) is 73.1 Å². The largest absolute Gasteiger partial charge is 0.496 e. The molecule has 7 nitrogen and oxygen atoms in total. The molecule has 206 valence electrons. The average molecular weight is 556 g/mol. The summed E-state index contributed by atoms with van der Waals surface area (Å²) in [6.45, 7) is 9.34. The molecule has 0 aliphatic carbocycles. The van der Waals surface area contributed by atoms with E-state index >= 15 is 0 Å². The Bertz CT molecular complexity index is 1830. The molecule has 3 aromatic carbocycles. The van der Waals surface area contributed by atoms with Gasteiger partial charge < -0.3 is 14.4 Å². The highest BCUT2D eigenvalue weighted by Gasteiger charge is 2.33. The van der Waals surface area contributed by atoms with Gasteiger partial charge in [0.2, 0.25) is 0 Å². The molecule has 0 fully saturated rings. The van der Waals surface area contributed by atoms with Gasteiger partial charge in [-0.15, -0.1) is 0 Å². The Kier molecular flexibility index (Phi) is 7.63. The van der Waals surface area contributed by atoms with Gasteiger partial charge in [-0.05, 0) is 62.7 Å². The van der Waals surface area contributed by atoms with E-state index in [1.807, 2.05) is 67.6 Å². The summed E-state index contributed by atoms with van der Waals surface area (Å²) >= 11 is 1.31. The highest BCUT2D eigenvalue weighted by molar-refractivity contribution is 7.07. The zero-order valence-corrected chi connectivity index (χ0v) is 24.5. The number of Topliss-reactive ketones (excluding diaryl/α,β-unsaturated/α-hetero) is 1. The molecular weight excluding hydrogens is 522 g/mol. The van der Waals surface area contributed by atoms with E-state index in [1.165, 1.54) is 18.3 Å². The van der Waals surface area contributed by atoms with Gasteiger partial charge in [0.1, 0.15) is 11.5 Å². The lowest BCUT2D eigenvalue weighted by atomic mass is 9.89. The molecule has 0 spiro atoms. The van der Waals surface area contributed by atoms with Gasteiger partial charge in [-0.2, -0.15) is 0 Å². The quantitative estimate of drug-likeness (QED) is 0.311. The van der Waals surface area contributed by atoms with Crippen molar-refractivity contribution in [1.82, 2.24) is 4.57 Å². The summed E-state index contributed by atoms with van der Waals surface area (Å²) in [7, 11) is 3.24. The third-order valence-corrected chi connectivity index (χ3v) is 8.44. The highest BCUT2D eigenvalue weighted by Crippen LogP contribution is 2.40. The Labute approximate surface area is 237 Å². The number of carbonyl (C=O) groups is 1. The number of hydrogen-bond donors (Lipinski definition) is 0. The Balaban J connectivity index is 1.77. The molecule has 40 heavy (non-hydrogen) atoms. The standard InChI is InChI=1S/C32H33N3O4S/c1-7-34(8-2)23-15-13-22(26(18-23)39-6)17-27-31(37)35-30(28(20(4)36)19(3)33-32(35)40-27)29-24-12-10-9-11-21(24)14-16-25(29)38-5/h9-18,30H,7-8H2,1-6H3/t30-/m1/s1. The minimum absolute atomic E-state index is 0.135. The lowest BCUT2D eigenvalue weighted by Gasteiger charge is -2.27. The zero-order valence-electron chi connectivity index (χ0n) is 23.6. The third kappa shape index (κ3) is 4.62. The number of carbonyl (C=O) groups excluding carboxylic acids is 1. The van der Waals surface area contributed by atoms with E-state index in [2.05, 4.69) is 18.7 Å². The van der Waals surface area contributed by atoms with Crippen LogP contribution in [0.2, 0.25) is 0 Å². The van der Waals surface area contributed by atoms with E-state index < -0.39 is 6.04 Å². The van der Waals surface area contributed by atoms with Gasteiger partial charge in [-0.3, -0.25) is 14.2 Å². The molecule has 4 aromatic rings. The van der Waals surface area contributed by atoms with Crippen molar-refractivity contribution in [2.24, 2.45) is 4.99 Å². The molecule has 1 aliphatic rings. The van der Waals surface area contributed by atoms with E-state index in [9.17, 15) is 9.59 Å². The van der Waals surface area contributed by atoms with Gasteiger partial charge in [0.15, 0.2) is 10.6 Å². The van der Waals surface area contributed by atoms with Crippen LogP contribution in [0.25, 0.3) is 16.8 Å². The van der Waals surface area contributed by atoms with Crippen LogP contribution in [0.5, 0.6) is 11.5 Å². The molecule has 0 saturated carbocycles. The second-order valence-corrected chi connectivity index (χ2v) is 10.6. The maximum atomic E-state index is 14.1. The van der Waals surface area contributed by atoms with Gasteiger partial charge in [0.25, 0.3) is 5.56 Å². The minimum Gasteiger partial charge on any atom is -0.496 e. The molecule has 1 aromatic heterocycles. The van der Waals surface area contributed by atoms with Crippen molar-refractivity contribution in [2.45, 2.75) is 33.7 Å². The number of benzene rings is 3. The number of allylic oxidation sites excluding steroid dienone is 2. The van der Waals surface area contributed by atoms with Crippen LogP contribution in [0.15, 0.2) is 75.7 Å². The van der Waals surface area contributed by atoms with Crippen LogP contribution >= 0.6 is 11.3 Å². The second-order valence-electron chi connectivity index (χ2n) is 9.64. The molecule has 1 atom stereocenters. The number of nitrogens with zero attached hydrogens (tertiary/aromatic N) is 3. The lowest BCUT2D eigenvalue weighted by molar-refractivity contribution is -0.114. The van der Waals surface area contributed by atoms with Crippen LogP contribution in [0.1, 0.15) is 44.9 Å². The summed E-state index contributed by atoms with van der Waals surface area (Å²) in [5, 5.41) is 1.92. The first-order valence-corrected chi connectivity index (χ1v) is 14.2. The molecule has 0 N–H and O–H groups in total. The molecular formula is C32H33N3O4S. The van der Waals surface area contributed by atoms with E-state index in [1.54, 1.807) is 18.8 Å². The predicted octanol–water partition coefficient (Wildman–Crippen LogP) is 4.84. The van der Waals surface area contributed by atoms with Gasteiger partial charge in [-0.1, -0.05) is 41.7 Å². The number of ketones is 1. The van der Waals surface area contributed by atoms with Crippen LogP contribution in [0.3, 0.4) is 0 Å². The maximum absolute atomic E-state index is 14.1. The summed E-state index contributed by atoms with van der Waals surface area (Å²) in [6, 6.07) is 17.1. The summed E-state index contributed by atoms with van der Waals surface area (Å²) in [6.07, 6.45) is 1.85. The third-order valence-electron chi connectivity index (χ3n) is 7.46. The molecule has 0 unspecified atom stereocenters. The lowest BCUT2D eigenvalue weighted by Crippen LogP contribution is -2.39. The summed E-state index contributed by atoms with van der Waals surface area (Å²) < 4.78 is 13.7. The monoisotopic (exact) mass is 555 g/mol. The number of hydrogen-bond acceptors (Lipinski definition) is 7. The molecule has 5 rings (SSSR count). The number of fused-ring (bicyclic) bond motifs is 2. The number of ether oxygens (including phenoxy) is 2. The number of rotatable bonds is 8. The van der Waals surface area contributed by atoms with Gasteiger partial charge in [-0.25, -0.2) is 4.99 Å². The van der Waals surface area contributed by atoms with Crippen molar-refractivity contribution >= 4 is 39.7 Å². The van der Waals surface area contributed by atoms with Crippen LogP contribution in [-0.4, -0.2) is 37.7 Å². The smallest absolute Gasteiger partial charge is 0.271 e. The van der Waals surface area contributed by atoms with E-state index in [0.29, 0.717) is 32.1 Å². The molecule has 2 heterocycles. The Morgan fingerprint density at radius 3 is 2.45 bits per heavy atom. The maximum Gasteiger partial charge on any atom is 0.271 e. The number of methoxy groups -OCH3 is 2. The highest BCUT2D eigenvalue weighted by atomic mass is 32.1.